The number of hydrogen-bond acceptors (Lipinski definition) is 0. The average Bonchev–Trinajstić information content (AvgIpc) is 1.60. The van der Waals surface area contributed by atoms with Crippen LogP contribution in [0.3, 0.4) is 0 Å². The van der Waals surface area contributed by atoms with Crippen LogP contribution < -0.4 is 0 Å². The molecule has 0 radical (unpaired) electrons. The van der Waals surface area contributed by atoms with Crippen LogP contribution in [0.25, 0.3) is 0 Å². The lowest BCUT2D eigenvalue weighted by atomic mass is 9.43. The molecule has 8 heavy (non-hydrogen) atoms. The molecule has 0 aliphatic heterocycles. The van der Waals surface area contributed by atoms with Crippen LogP contribution >= 0.6 is 0 Å². The summed E-state index contributed by atoms with van der Waals surface area (Å²) in [4.78, 5) is 0. The molecule has 0 N–H and O–H groups in total. The summed E-state index contributed by atoms with van der Waals surface area (Å²) in [6, 6.07) is 0. The Morgan fingerprint density at radius 1 is 1.50 bits per heavy atom. The van der Waals surface area contributed by atoms with Crippen molar-refractivity contribution in [2.45, 2.75) is 20.8 Å². The van der Waals surface area contributed by atoms with E-state index in [1.807, 2.05) is 0 Å². The summed E-state index contributed by atoms with van der Waals surface area (Å²) in [5, 5.41) is 0. The predicted molar refractivity (Wildman–Crippen MR) is 34.5 cm³/mol. The van der Waals surface area contributed by atoms with Gasteiger partial charge in [0.15, 0.2) is 0 Å². The molecule has 0 aromatic rings. The van der Waals surface area contributed by atoms with Gasteiger partial charge in [-0.1, -0.05) is 32.4 Å². The molecule has 0 spiro atoms. The molecule has 0 heterocycles. The summed E-state index contributed by atoms with van der Waals surface area (Å²) >= 11 is 0. The molecule has 0 saturated heterocycles. The number of hydrogen-bond donors (Lipinski definition) is 0. The first-order valence-corrected chi connectivity index (χ1v) is 3.36. The molecule has 0 aromatic carbocycles. The predicted octanol–water partition coefficient (Wildman–Crippen LogP) is 2.22. The van der Waals surface area contributed by atoms with Gasteiger partial charge < -0.3 is 0 Å². The second-order valence-corrected chi connectivity index (χ2v) is 3.66. The van der Waals surface area contributed by atoms with Gasteiger partial charge in [-0.05, 0) is 17.3 Å². The average molecular weight is 108 g/mol. The molecular weight excluding hydrogens is 96.1 g/mol. The molecule has 0 nitrogen and oxygen atoms in total. The Labute approximate surface area is 50.6 Å². The van der Waals surface area contributed by atoms with Gasteiger partial charge in [0.05, 0.1) is 0 Å². The molecule has 0 amide bonds. The van der Waals surface area contributed by atoms with E-state index in [2.05, 4.69) is 26.8 Å². The second-order valence-electron chi connectivity index (χ2n) is 3.66. The van der Waals surface area contributed by atoms with Crippen LogP contribution in [0.2, 0.25) is 0 Å². The maximum Gasteiger partial charge on any atom is -0.00732 e. The van der Waals surface area contributed by atoms with E-state index in [9.17, 15) is 0 Å². The Kier molecular flexibility index (Phi) is 0.516. The van der Waals surface area contributed by atoms with Crippen LogP contribution in [-0.4, -0.2) is 0 Å². The van der Waals surface area contributed by atoms with E-state index in [1.165, 1.54) is 0 Å². The second kappa shape index (κ2) is 0.896. The normalized spacial score (nSPS) is 46.6. The maximum absolute atomic E-state index is 2.41. The van der Waals surface area contributed by atoms with Crippen molar-refractivity contribution in [1.29, 1.82) is 0 Å². The third-order valence-corrected chi connectivity index (χ3v) is 2.97. The number of allylic oxidation sites excluding steroid dienone is 2. The summed E-state index contributed by atoms with van der Waals surface area (Å²) in [5.41, 5.74) is 2.31. The highest BCUT2D eigenvalue weighted by atomic mass is 14.6. The molecule has 2 atom stereocenters. The molecule has 1 fully saturated rings. The first-order valence-electron chi connectivity index (χ1n) is 3.36. The summed E-state index contributed by atoms with van der Waals surface area (Å²) in [5.74, 6) is 1.86. The van der Waals surface area contributed by atoms with Gasteiger partial charge in [-0.15, -0.1) is 0 Å². The maximum atomic E-state index is 2.41. The zero-order chi connectivity index (χ0) is 5.94. The van der Waals surface area contributed by atoms with Crippen LogP contribution in [-0.2, 0) is 0 Å². The van der Waals surface area contributed by atoms with Gasteiger partial charge in [-0.25, -0.2) is 0 Å². The van der Waals surface area contributed by atoms with Gasteiger partial charge in [0.25, 0.3) is 0 Å². The largest absolute Gasteiger partial charge is 0.0799 e. The molecule has 1 saturated carbocycles. The van der Waals surface area contributed by atoms with Gasteiger partial charge in [0.2, 0.25) is 0 Å². The molecule has 0 aromatic heterocycles. The van der Waals surface area contributed by atoms with E-state index >= 15 is 0 Å². The minimum atomic E-state index is 0.611. The molecule has 2 unspecified atom stereocenters. The fourth-order valence-electron chi connectivity index (χ4n) is 2.20. The van der Waals surface area contributed by atoms with Gasteiger partial charge in [0.1, 0.15) is 0 Å². The Hall–Kier alpha value is -0.260. The minimum Gasteiger partial charge on any atom is -0.0799 e. The first-order chi connectivity index (χ1) is 3.64. The molecule has 2 bridgehead atoms. The van der Waals surface area contributed by atoms with Crippen LogP contribution in [0, 0.1) is 17.3 Å². The molecule has 3 aliphatic carbocycles. The molecule has 0 heteroatoms. The molecule has 44 valence electrons. The van der Waals surface area contributed by atoms with E-state index in [4.69, 9.17) is 0 Å². The molecular formula is C8H12. The third kappa shape index (κ3) is 0.229. The van der Waals surface area contributed by atoms with E-state index in [0.29, 0.717) is 5.41 Å². The van der Waals surface area contributed by atoms with Crippen molar-refractivity contribution in [1.82, 2.24) is 0 Å². The quantitative estimate of drug-likeness (QED) is 0.417. The summed E-state index contributed by atoms with van der Waals surface area (Å²) in [7, 11) is 0. The van der Waals surface area contributed by atoms with E-state index in [-0.39, 0.29) is 0 Å². The minimum absolute atomic E-state index is 0.611. The smallest absolute Gasteiger partial charge is 0.00732 e. The van der Waals surface area contributed by atoms with E-state index in [1.54, 1.807) is 5.57 Å². The van der Waals surface area contributed by atoms with Crippen LogP contribution in [0.4, 0.5) is 0 Å². The molecule has 3 rings (SSSR count). The van der Waals surface area contributed by atoms with Crippen molar-refractivity contribution in [3.8, 4) is 0 Å². The van der Waals surface area contributed by atoms with Crippen molar-refractivity contribution in [2.24, 2.45) is 17.3 Å². The highest BCUT2D eigenvalue weighted by Crippen LogP contribution is 2.65. The Morgan fingerprint density at radius 3 is 2.00 bits per heavy atom. The topological polar surface area (TPSA) is 0 Å². The fourth-order valence-corrected chi connectivity index (χ4v) is 2.20. The highest BCUT2D eigenvalue weighted by Gasteiger charge is 2.56. The van der Waals surface area contributed by atoms with Crippen LogP contribution in [0.5, 0.6) is 0 Å². The lowest BCUT2D eigenvalue weighted by Gasteiger charge is -2.61. The van der Waals surface area contributed by atoms with Crippen LogP contribution in [0.15, 0.2) is 11.6 Å². The van der Waals surface area contributed by atoms with Crippen molar-refractivity contribution < 1.29 is 0 Å². The van der Waals surface area contributed by atoms with Crippen molar-refractivity contribution in [3.05, 3.63) is 11.6 Å². The zero-order valence-electron chi connectivity index (χ0n) is 5.73. The lowest BCUT2D eigenvalue weighted by molar-refractivity contribution is 0.0810. The first kappa shape index (κ1) is 4.60. The lowest BCUT2D eigenvalue weighted by Crippen LogP contribution is -2.53. The standard InChI is InChI=1S/C8H12/c1-5-6-4-7(5)8(6,2)3/h4-6H,1-3H3. The van der Waals surface area contributed by atoms with Gasteiger partial charge in [-0.3, -0.25) is 0 Å². The Morgan fingerprint density at radius 2 is 2.00 bits per heavy atom. The SMILES string of the molecule is CC1C2=CC1C2(C)C. The fraction of sp³-hybridized carbons (Fsp3) is 0.750. The van der Waals surface area contributed by atoms with E-state index < -0.39 is 0 Å². The van der Waals surface area contributed by atoms with Crippen LogP contribution in [0.1, 0.15) is 20.8 Å². The Bertz CT molecular complexity index is 163. The zero-order valence-corrected chi connectivity index (χ0v) is 5.73. The van der Waals surface area contributed by atoms with Gasteiger partial charge >= 0.3 is 0 Å². The summed E-state index contributed by atoms with van der Waals surface area (Å²) < 4.78 is 0. The van der Waals surface area contributed by atoms with E-state index in [0.717, 1.165) is 11.8 Å². The van der Waals surface area contributed by atoms with Gasteiger partial charge in [-0.2, -0.15) is 0 Å². The van der Waals surface area contributed by atoms with Crippen molar-refractivity contribution in [2.75, 3.05) is 0 Å². The third-order valence-electron chi connectivity index (χ3n) is 2.97. The van der Waals surface area contributed by atoms with Crippen molar-refractivity contribution >= 4 is 0 Å². The van der Waals surface area contributed by atoms with Crippen molar-refractivity contribution in [3.63, 3.8) is 0 Å². The number of rotatable bonds is 0. The molecule has 3 aliphatic rings. The monoisotopic (exact) mass is 108 g/mol. The summed E-state index contributed by atoms with van der Waals surface area (Å²) in [6.45, 7) is 7.01. The summed E-state index contributed by atoms with van der Waals surface area (Å²) in [6.07, 6.45) is 2.41. The Balaban J connectivity index is 2.30. The highest BCUT2D eigenvalue weighted by molar-refractivity contribution is 5.43. The van der Waals surface area contributed by atoms with Gasteiger partial charge in [0, 0.05) is 0 Å².